The van der Waals surface area contributed by atoms with Crippen molar-refractivity contribution in [3.63, 3.8) is 0 Å². The number of carbonyl (C=O) groups excluding carboxylic acids is 2. The maximum atomic E-state index is 10.7. The van der Waals surface area contributed by atoms with Crippen molar-refractivity contribution < 1.29 is 22.9 Å². The maximum Gasteiger partial charge on any atom is 0.340 e. The summed E-state index contributed by atoms with van der Waals surface area (Å²) < 4.78 is 19.3. The number of hydrogen-bond donors (Lipinski definition) is 0. The highest BCUT2D eigenvalue weighted by molar-refractivity contribution is 8.13. The Kier molecular flexibility index (Phi) is 14.2. The van der Waals surface area contributed by atoms with Gasteiger partial charge < -0.3 is 4.84 Å². The lowest BCUT2D eigenvalue weighted by atomic mass is 9.88. The molecule has 4 aliphatic heterocycles. The highest BCUT2D eigenvalue weighted by atomic mass is 32.2. The van der Waals surface area contributed by atoms with E-state index in [1.807, 2.05) is 41.5 Å². The summed E-state index contributed by atoms with van der Waals surface area (Å²) >= 11 is -0.122. The Morgan fingerprint density at radius 1 is 0.725 bits per heavy atom. The van der Waals surface area contributed by atoms with Gasteiger partial charge in [-0.25, -0.2) is 13.4 Å². The summed E-state index contributed by atoms with van der Waals surface area (Å²) in [7, 11) is 0. The maximum absolute atomic E-state index is 10.7. The molecule has 0 fully saturated rings. The van der Waals surface area contributed by atoms with Crippen LogP contribution < -0.4 is 0 Å². The molecule has 40 heavy (non-hydrogen) atoms. The molecule has 0 aromatic heterocycles. The van der Waals surface area contributed by atoms with Crippen molar-refractivity contribution >= 4 is 57.0 Å². The lowest BCUT2D eigenvalue weighted by molar-refractivity contribution is -0.140. The third-order valence-corrected chi connectivity index (χ3v) is 6.95. The third kappa shape index (κ3) is 13.9. The van der Waals surface area contributed by atoms with Crippen LogP contribution in [0.15, 0.2) is 30.1 Å². The molecule has 13 heteroatoms. The molecule has 0 radical (unpaired) electrons. The fourth-order valence-corrected chi connectivity index (χ4v) is 4.31. The predicted octanol–water partition coefficient (Wildman–Crippen LogP) is 6.96. The van der Waals surface area contributed by atoms with Crippen LogP contribution >= 0.6 is 11.9 Å². The summed E-state index contributed by atoms with van der Waals surface area (Å²) in [6.45, 7) is 25.3. The summed E-state index contributed by atoms with van der Waals surface area (Å²) in [5.74, 6) is 0.216. The van der Waals surface area contributed by atoms with Crippen molar-refractivity contribution in [2.75, 3.05) is 12.3 Å². The van der Waals surface area contributed by atoms with Gasteiger partial charge >= 0.3 is 5.97 Å². The lowest BCUT2D eigenvalue weighted by Crippen LogP contribution is -2.21. The van der Waals surface area contributed by atoms with E-state index in [-0.39, 0.29) is 40.2 Å². The average Bonchev–Trinajstić information content (AvgIpc) is 3.55. The number of hydrogen-bond acceptors (Lipinski definition) is 12. The van der Waals surface area contributed by atoms with Gasteiger partial charge in [0.05, 0.1) is 30.0 Å². The Morgan fingerprint density at radius 3 is 1.45 bits per heavy atom. The van der Waals surface area contributed by atoms with Gasteiger partial charge in [0, 0.05) is 39.3 Å². The van der Waals surface area contributed by atoms with E-state index in [0.29, 0.717) is 25.1 Å². The van der Waals surface area contributed by atoms with Gasteiger partial charge in [-0.1, -0.05) is 101 Å². The number of nitrogens with zero attached hydrogens (tertiary/aromatic N) is 6. The SMILES string of the molecule is C.CC(C)(C)C1=NN=NC1.CC(C)(C)C1=NOC(=O)C1.CC(C)(C)C1=NOS(=O)C1.CC(C)(C)C1=NSC(=O)C1. The minimum atomic E-state index is -1.20. The second kappa shape index (κ2) is 15.1. The molecule has 4 heterocycles. The van der Waals surface area contributed by atoms with Crippen molar-refractivity contribution in [3.05, 3.63) is 0 Å². The zero-order chi connectivity index (χ0) is 30.2. The van der Waals surface area contributed by atoms with Crippen LogP contribution in [0.3, 0.4) is 0 Å². The van der Waals surface area contributed by atoms with Crippen molar-refractivity contribution in [3.8, 4) is 0 Å². The monoisotopic (exact) mass is 600 g/mol. The van der Waals surface area contributed by atoms with E-state index in [1.165, 1.54) is 0 Å². The van der Waals surface area contributed by atoms with E-state index in [0.717, 1.165) is 34.8 Å². The molecule has 0 aromatic carbocycles. The Bertz CT molecular complexity index is 978. The summed E-state index contributed by atoms with van der Waals surface area (Å²) in [4.78, 5) is 25.8. The average molecular weight is 601 g/mol. The van der Waals surface area contributed by atoms with Crippen molar-refractivity contribution in [2.45, 2.75) is 103 Å². The number of oxime groups is 2. The Balaban J connectivity index is 0.000000503. The van der Waals surface area contributed by atoms with Gasteiger partial charge in [0.15, 0.2) is 0 Å². The zero-order valence-electron chi connectivity index (χ0n) is 25.4. The quantitative estimate of drug-likeness (QED) is 0.217. The fourth-order valence-electron chi connectivity index (χ4n) is 2.63. The van der Waals surface area contributed by atoms with Crippen molar-refractivity contribution in [2.24, 2.45) is 51.8 Å². The van der Waals surface area contributed by atoms with Gasteiger partial charge in [-0.2, -0.15) is 5.11 Å². The summed E-state index contributed by atoms with van der Waals surface area (Å²) in [5, 5.41) is 18.7. The third-order valence-electron chi connectivity index (χ3n) is 5.54. The first-order chi connectivity index (χ1) is 17.6. The normalized spacial score (nSPS) is 20.1. The highest BCUT2D eigenvalue weighted by Crippen LogP contribution is 2.28. The van der Waals surface area contributed by atoms with Crippen molar-refractivity contribution in [1.82, 2.24) is 0 Å². The molecule has 1 atom stereocenters. The topological polar surface area (TPSA) is 144 Å². The van der Waals surface area contributed by atoms with E-state index < -0.39 is 11.1 Å². The Hall–Kier alpha value is -2.28. The first kappa shape index (κ1) is 37.7. The smallest absolute Gasteiger partial charge is 0.318 e. The van der Waals surface area contributed by atoms with Crippen LogP contribution in [-0.4, -0.2) is 50.4 Å². The van der Waals surface area contributed by atoms with Gasteiger partial charge in [-0.05, 0) is 5.22 Å². The minimum Gasteiger partial charge on any atom is -0.318 e. The molecular weight excluding hydrogens is 552 g/mol. The highest BCUT2D eigenvalue weighted by Gasteiger charge is 2.29. The molecular formula is C27H48N6O5S2. The Labute approximate surface area is 247 Å². The van der Waals surface area contributed by atoms with Gasteiger partial charge in [-0.3, -0.25) is 9.08 Å². The van der Waals surface area contributed by atoms with Crippen LogP contribution in [0.1, 0.15) is 103 Å². The second-order valence-electron chi connectivity index (χ2n) is 13.4. The van der Waals surface area contributed by atoms with Gasteiger partial charge in [0.25, 0.3) is 0 Å². The van der Waals surface area contributed by atoms with E-state index in [2.05, 4.69) is 80.8 Å². The molecule has 0 spiro atoms. The van der Waals surface area contributed by atoms with Gasteiger partial charge in [0.2, 0.25) is 16.2 Å². The first-order valence-electron chi connectivity index (χ1n) is 12.7. The summed E-state index contributed by atoms with van der Waals surface area (Å²) in [6, 6.07) is 0. The standard InChI is InChI=1S/C7H11NO2.C7H11NOS.C6H11N3.C6H11NO2S.CH4/c2*1-7(2,3)5-4-6(9)10-8-5;1-6(2,3)5-4-7-9-8-5;1-6(2,3)5-4-10(8)9-7-5;/h2*4H2,1-3H3;4H2,1-3H3;4H2,1-3H3;1H4. The Morgan fingerprint density at radius 2 is 1.25 bits per heavy atom. The molecule has 11 nitrogen and oxygen atoms in total. The molecule has 0 aliphatic carbocycles. The summed E-state index contributed by atoms with van der Waals surface area (Å²) in [5.41, 5.74) is 3.97. The van der Waals surface area contributed by atoms with Crippen molar-refractivity contribution in [1.29, 1.82) is 0 Å². The molecule has 0 amide bonds. The second-order valence-corrected chi connectivity index (χ2v) is 15.2. The number of carbonyl (C=O) groups is 2. The molecule has 4 aliphatic rings. The van der Waals surface area contributed by atoms with E-state index in [4.69, 9.17) is 0 Å². The number of rotatable bonds is 0. The first-order valence-corrected chi connectivity index (χ1v) is 14.7. The molecule has 0 aromatic rings. The molecule has 0 saturated carbocycles. The van der Waals surface area contributed by atoms with Crippen LogP contribution in [0, 0.1) is 21.7 Å². The molecule has 0 N–H and O–H groups in total. The van der Waals surface area contributed by atoms with Crippen LogP contribution in [0.4, 0.5) is 0 Å². The van der Waals surface area contributed by atoms with Gasteiger partial charge in [0.1, 0.15) is 12.3 Å². The van der Waals surface area contributed by atoms with E-state index >= 15 is 0 Å². The van der Waals surface area contributed by atoms with E-state index in [9.17, 15) is 13.8 Å². The van der Waals surface area contributed by atoms with Crippen LogP contribution in [0.2, 0.25) is 0 Å². The zero-order valence-corrected chi connectivity index (χ0v) is 27.0. The molecule has 228 valence electrons. The van der Waals surface area contributed by atoms with Crippen LogP contribution in [0.25, 0.3) is 0 Å². The molecule has 4 rings (SSSR count). The minimum absolute atomic E-state index is 0. The molecule has 0 saturated heterocycles. The van der Waals surface area contributed by atoms with Crippen LogP contribution in [-0.2, 0) is 29.8 Å². The summed E-state index contributed by atoms with van der Waals surface area (Å²) in [6.07, 6.45) is 0.887. The van der Waals surface area contributed by atoms with Gasteiger partial charge in [-0.15, -0.1) is 5.10 Å². The largest absolute Gasteiger partial charge is 0.340 e. The molecule has 0 bridgehead atoms. The fraction of sp³-hybridized carbons (Fsp3) is 0.778. The van der Waals surface area contributed by atoms with Crippen LogP contribution in [0.5, 0.6) is 0 Å². The molecule has 1 unspecified atom stereocenters. The van der Waals surface area contributed by atoms with E-state index in [1.54, 1.807) is 0 Å². The predicted molar refractivity (Wildman–Crippen MR) is 166 cm³/mol. The lowest BCUT2D eigenvalue weighted by Gasteiger charge is -2.16.